The maximum Gasteiger partial charge on any atom is 0.106 e. The van der Waals surface area contributed by atoms with E-state index in [1.54, 1.807) is 6.20 Å². The average molecular weight is 263 g/mol. The van der Waals surface area contributed by atoms with Crippen molar-refractivity contribution in [1.29, 1.82) is 0 Å². The standard InChI is InChI=1S/C14H21N3S/c1-2-10-3-5-11(6-4-10)17-13-9-16-8-7-12(13)14(15)18/h7-11,17H,2-6H2,1H3,(H2,15,18). The molecule has 3 nitrogen and oxygen atoms in total. The number of thiocarbonyl (C=S) groups is 1. The van der Waals surface area contributed by atoms with E-state index < -0.39 is 0 Å². The Kier molecular flexibility index (Phi) is 4.53. The molecule has 1 aliphatic carbocycles. The summed E-state index contributed by atoms with van der Waals surface area (Å²) in [6.45, 7) is 2.28. The van der Waals surface area contributed by atoms with Crippen molar-refractivity contribution in [2.75, 3.05) is 5.32 Å². The van der Waals surface area contributed by atoms with E-state index in [9.17, 15) is 0 Å². The first-order valence-electron chi connectivity index (χ1n) is 6.71. The number of rotatable bonds is 4. The van der Waals surface area contributed by atoms with Gasteiger partial charge in [-0.3, -0.25) is 4.98 Å². The minimum absolute atomic E-state index is 0.433. The lowest BCUT2D eigenvalue weighted by molar-refractivity contribution is 0.330. The monoisotopic (exact) mass is 263 g/mol. The van der Waals surface area contributed by atoms with E-state index in [0.29, 0.717) is 11.0 Å². The van der Waals surface area contributed by atoms with Crippen LogP contribution in [0.5, 0.6) is 0 Å². The lowest BCUT2D eigenvalue weighted by atomic mass is 9.84. The van der Waals surface area contributed by atoms with Gasteiger partial charge in [0.1, 0.15) is 4.99 Å². The molecule has 0 amide bonds. The highest BCUT2D eigenvalue weighted by Gasteiger charge is 2.20. The fraction of sp³-hybridized carbons (Fsp3) is 0.571. The van der Waals surface area contributed by atoms with Crippen LogP contribution in [-0.2, 0) is 0 Å². The third-order valence-corrected chi connectivity index (χ3v) is 4.09. The molecule has 4 heteroatoms. The van der Waals surface area contributed by atoms with Gasteiger partial charge in [0.15, 0.2) is 0 Å². The molecule has 1 aromatic rings. The molecule has 0 aliphatic heterocycles. The molecule has 0 bridgehead atoms. The number of hydrogen-bond acceptors (Lipinski definition) is 3. The molecule has 0 radical (unpaired) electrons. The molecule has 0 aromatic carbocycles. The summed E-state index contributed by atoms with van der Waals surface area (Å²) < 4.78 is 0. The van der Waals surface area contributed by atoms with Crippen molar-refractivity contribution in [2.45, 2.75) is 45.1 Å². The second kappa shape index (κ2) is 6.14. The van der Waals surface area contributed by atoms with Crippen LogP contribution < -0.4 is 11.1 Å². The summed E-state index contributed by atoms with van der Waals surface area (Å²) in [5, 5.41) is 3.55. The zero-order valence-corrected chi connectivity index (χ0v) is 11.7. The third kappa shape index (κ3) is 3.19. The summed E-state index contributed by atoms with van der Waals surface area (Å²) in [5.41, 5.74) is 7.60. The average Bonchev–Trinajstić information content (AvgIpc) is 2.40. The van der Waals surface area contributed by atoms with Gasteiger partial charge in [0, 0.05) is 17.8 Å². The van der Waals surface area contributed by atoms with Gasteiger partial charge in [-0.1, -0.05) is 25.6 Å². The van der Waals surface area contributed by atoms with Crippen molar-refractivity contribution in [1.82, 2.24) is 4.98 Å². The molecule has 1 aliphatic rings. The second-order valence-electron chi connectivity index (χ2n) is 5.06. The van der Waals surface area contributed by atoms with Gasteiger partial charge in [-0.15, -0.1) is 0 Å². The van der Waals surface area contributed by atoms with Crippen LogP contribution in [0.3, 0.4) is 0 Å². The van der Waals surface area contributed by atoms with Crippen LogP contribution in [-0.4, -0.2) is 16.0 Å². The zero-order chi connectivity index (χ0) is 13.0. The largest absolute Gasteiger partial charge is 0.389 e. The van der Waals surface area contributed by atoms with E-state index in [2.05, 4.69) is 17.2 Å². The van der Waals surface area contributed by atoms with Gasteiger partial charge in [0.25, 0.3) is 0 Å². The van der Waals surface area contributed by atoms with Crippen LogP contribution in [0, 0.1) is 5.92 Å². The fourth-order valence-corrected chi connectivity index (χ4v) is 2.84. The van der Waals surface area contributed by atoms with Crippen molar-refractivity contribution in [3.63, 3.8) is 0 Å². The lowest BCUT2D eigenvalue weighted by Gasteiger charge is -2.29. The molecule has 0 unspecified atom stereocenters. The summed E-state index contributed by atoms with van der Waals surface area (Å²) in [7, 11) is 0. The number of aromatic nitrogens is 1. The maximum atomic E-state index is 5.73. The number of nitrogens with zero attached hydrogens (tertiary/aromatic N) is 1. The van der Waals surface area contributed by atoms with Crippen molar-refractivity contribution in [3.05, 3.63) is 24.0 Å². The molecular formula is C14H21N3S. The molecule has 18 heavy (non-hydrogen) atoms. The lowest BCUT2D eigenvalue weighted by Crippen LogP contribution is -2.27. The third-order valence-electron chi connectivity index (χ3n) is 3.87. The molecule has 1 aromatic heterocycles. The maximum absolute atomic E-state index is 5.73. The number of nitrogens with two attached hydrogens (primary N) is 1. The molecule has 0 atom stereocenters. The minimum atomic E-state index is 0.433. The summed E-state index contributed by atoms with van der Waals surface area (Å²) in [6, 6.07) is 2.41. The SMILES string of the molecule is CCC1CCC(Nc2cnccc2C(N)=S)CC1. The molecule has 1 saturated carbocycles. The summed E-state index contributed by atoms with van der Waals surface area (Å²) >= 11 is 5.06. The minimum Gasteiger partial charge on any atom is -0.389 e. The first kappa shape index (κ1) is 13.3. The zero-order valence-electron chi connectivity index (χ0n) is 10.9. The topological polar surface area (TPSA) is 50.9 Å². The second-order valence-corrected chi connectivity index (χ2v) is 5.50. The van der Waals surface area contributed by atoms with Crippen molar-refractivity contribution in [3.8, 4) is 0 Å². The van der Waals surface area contributed by atoms with E-state index in [4.69, 9.17) is 18.0 Å². The van der Waals surface area contributed by atoms with Crippen molar-refractivity contribution < 1.29 is 0 Å². The number of anilines is 1. The van der Waals surface area contributed by atoms with Gasteiger partial charge in [-0.25, -0.2) is 0 Å². The Labute approximate surface area is 114 Å². The smallest absolute Gasteiger partial charge is 0.106 e. The van der Waals surface area contributed by atoms with E-state index in [0.717, 1.165) is 17.2 Å². The van der Waals surface area contributed by atoms with E-state index in [-0.39, 0.29) is 0 Å². The number of hydrogen-bond donors (Lipinski definition) is 2. The quantitative estimate of drug-likeness (QED) is 0.820. The van der Waals surface area contributed by atoms with Gasteiger partial charge < -0.3 is 11.1 Å². The van der Waals surface area contributed by atoms with Crippen LogP contribution in [0.4, 0.5) is 5.69 Å². The van der Waals surface area contributed by atoms with Crippen molar-refractivity contribution >= 4 is 22.9 Å². The van der Waals surface area contributed by atoms with Crippen molar-refractivity contribution in [2.24, 2.45) is 11.7 Å². The summed E-state index contributed by atoms with van der Waals surface area (Å²) in [6.07, 6.45) is 9.94. The Morgan fingerprint density at radius 1 is 1.44 bits per heavy atom. The number of pyridine rings is 1. The highest BCUT2D eigenvalue weighted by molar-refractivity contribution is 7.80. The normalized spacial score (nSPS) is 23.6. The molecule has 1 heterocycles. The van der Waals surface area contributed by atoms with Crippen LogP contribution in [0.25, 0.3) is 0 Å². The Balaban J connectivity index is 2.00. The molecule has 2 rings (SSSR count). The molecule has 3 N–H and O–H groups in total. The molecule has 0 saturated heterocycles. The Morgan fingerprint density at radius 3 is 2.78 bits per heavy atom. The molecular weight excluding hydrogens is 242 g/mol. The van der Waals surface area contributed by atoms with Gasteiger partial charge in [-0.05, 0) is 37.7 Å². The first-order valence-corrected chi connectivity index (χ1v) is 7.12. The summed E-state index contributed by atoms with van der Waals surface area (Å²) in [5.74, 6) is 0.909. The van der Waals surface area contributed by atoms with Gasteiger partial charge in [0.05, 0.1) is 11.9 Å². The number of nitrogens with one attached hydrogen (secondary N) is 1. The van der Waals surface area contributed by atoms with E-state index in [1.165, 1.54) is 32.1 Å². The van der Waals surface area contributed by atoms with Crippen LogP contribution in [0.15, 0.2) is 18.5 Å². The van der Waals surface area contributed by atoms with Crippen LogP contribution in [0.1, 0.15) is 44.6 Å². The fourth-order valence-electron chi connectivity index (χ4n) is 2.66. The van der Waals surface area contributed by atoms with Gasteiger partial charge in [-0.2, -0.15) is 0 Å². The Bertz CT molecular complexity index is 411. The predicted octanol–water partition coefficient (Wildman–Crippen LogP) is 3.10. The molecule has 0 spiro atoms. The first-order chi connectivity index (χ1) is 8.70. The van der Waals surface area contributed by atoms with Crippen LogP contribution >= 0.6 is 12.2 Å². The highest BCUT2D eigenvalue weighted by atomic mass is 32.1. The predicted molar refractivity (Wildman–Crippen MR) is 79.8 cm³/mol. The Hall–Kier alpha value is -1.16. The van der Waals surface area contributed by atoms with Gasteiger partial charge >= 0.3 is 0 Å². The Morgan fingerprint density at radius 2 is 2.17 bits per heavy atom. The van der Waals surface area contributed by atoms with E-state index in [1.807, 2.05) is 12.3 Å². The summed E-state index contributed by atoms with van der Waals surface area (Å²) in [4.78, 5) is 4.58. The van der Waals surface area contributed by atoms with Gasteiger partial charge in [0.2, 0.25) is 0 Å². The highest BCUT2D eigenvalue weighted by Crippen LogP contribution is 2.29. The molecule has 1 fully saturated rings. The van der Waals surface area contributed by atoms with Crippen LogP contribution in [0.2, 0.25) is 0 Å². The van der Waals surface area contributed by atoms with E-state index >= 15 is 0 Å². The molecule has 98 valence electrons.